The van der Waals surface area contributed by atoms with Gasteiger partial charge in [-0.1, -0.05) is 66.8 Å². The van der Waals surface area contributed by atoms with Gasteiger partial charge in [0.05, 0.1) is 11.5 Å². The second-order valence-corrected chi connectivity index (χ2v) is 9.78. The zero-order valence-corrected chi connectivity index (χ0v) is 17.8. The van der Waals surface area contributed by atoms with Gasteiger partial charge in [-0.15, -0.1) is 0 Å². The Morgan fingerprint density at radius 3 is 2.23 bits per heavy atom. The molecule has 0 N–H and O–H groups in total. The summed E-state index contributed by atoms with van der Waals surface area (Å²) in [6.45, 7) is 5.93. The van der Waals surface area contributed by atoms with Crippen molar-refractivity contribution in [2.75, 3.05) is 11.5 Å². The highest BCUT2D eigenvalue weighted by Gasteiger charge is 2.11. The minimum absolute atomic E-state index is 0.0756. The van der Waals surface area contributed by atoms with E-state index in [1.165, 1.54) is 0 Å². The van der Waals surface area contributed by atoms with Crippen LogP contribution in [0, 0.1) is 0 Å². The number of fused-ring (bicyclic) bond motifs is 1. The number of hydrogen-bond acceptors (Lipinski definition) is 3. The van der Waals surface area contributed by atoms with Gasteiger partial charge >= 0.3 is 0 Å². The van der Waals surface area contributed by atoms with Crippen LogP contribution in [0.2, 0.25) is 0 Å². The van der Waals surface area contributed by atoms with Crippen LogP contribution in [0.4, 0.5) is 0 Å². The molecule has 1 aliphatic heterocycles. The fraction of sp³-hybridized carbons (Fsp3) is 0.154. The van der Waals surface area contributed by atoms with Crippen molar-refractivity contribution >= 4 is 27.6 Å². The summed E-state index contributed by atoms with van der Waals surface area (Å²) >= 11 is 0. The number of rotatable bonds is 4. The van der Waals surface area contributed by atoms with E-state index in [2.05, 4.69) is 6.58 Å². The smallest absolute Gasteiger partial charge is 0.154 e. The Morgan fingerprint density at radius 1 is 0.900 bits per heavy atom. The highest BCUT2D eigenvalue weighted by Crippen LogP contribution is 2.25. The number of benzene rings is 3. The molecule has 4 rings (SSSR count). The summed E-state index contributed by atoms with van der Waals surface area (Å²) in [5, 5.41) is 2.06. The highest BCUT2D eigenvalue weighted by molar-refractivity contribution is 7.91. The van der Waals surface area contributed by atoms with E-state index in [0.717, 1.165) is 44.2 Å². The van der Waals surface area contributed by atoms with Gasteiger partial charge in [-0.05, 0) is 64.7 Å². The van der Waals surface area contributed by atoms with E-state index in [4.69, 9.17) is 4.74 Å². The molecule has 4 heteroatoms. The molecule has 3 nitrogen and oxygen atoms in total. The lowest BCUT2D eigenvalue weighted by atomic mass is 10.0. The van der Waals surface area contributed by atoms with Crippen LogP contribution in [0.1, 0.15) is 18.9 Å². The lowest BCUT2D eigenvalue weighted by molar-refractivity contribution is 0.482. The first-order chi connectivity index (χ1) is 14.4. The molecule has 0 radical (unpaired) electrons. The molecular formula is C26H24O3S. The van der Waals surface area contributed by atoms with Gasteiger partial charge in [0, 0.05) is 0 Å². The van der Waals surface area contributed by atoms with Crippen LogP contribution in [0.3, 0.4) is 0 Å². The Morgan fingerprint density at radius 2 is 1.57 bits per heavy atom. The van der Waals surface area contributed by atoms with Crippen molar-refractivity contribution in [3.05, 3.63) is 89.3 Å². The Balaban J connectivity index is 1.64. The number of ether oxygens (including phenoxy) is 1. The molecule has 0 atom stereocenters. The average Bonchev–Trinajstić information content (AvgIpc) is 2.72. The summed E-state index contributed by atoms with van der Waals surface area (Å²) in [5.41, 5.74) is 4.16. The molecule has 0 amide bonds. The topological polar surface area (TPSA) is 43.4 Å². The van der Waals surface area contributed by atoms with Crippen LogP contribution in [0.15, 0.2) is 73.3 Å². The second kappa shape index (κ2) is 8.33. The second-order valence-electron chi connectivity index (χ2n) is 7.55. The van der Waals surface area contributed by atoms with Crippen molar-refractivity contribution in [2.24, 2.45) is 0 Å². The summed E-state index contributed by atoms with van der Waals surface area (Å²) in [5.74, 6) is 1.79. The molecule has 0 saturated carbocycles. The maximum Gasteiger partial charge on any atom is 0.154 e. The van der Waals surface area contributed by atoms with E-state index < -0.39 is 9.84 Å². The molecule has 1 aliphatic rings. The molecule has 30 heavy (non-hydrogen) atoms. The van der Waals surface area contributed by atoms with Gasteiger partial charge in [0.2, 0.25) is 0 Å². The molecule has 0 aromatic heterocycles. The largest absolute Gasteiger partial charge is 0.457 e. The van der Waals surface area contributed by atoms with Gasteiger partial charge < -0.3 is 4.74 Å². The van der Waals surface area contributed by atoms with Crippen molar-refractivity contribution in [1.29, 1.82) is 0 Å². The SMILES string of the molecule is C=C(C)c1ccc(Oc2ccc(-c3cccc4c3=CCS(=O)(=O)CCC=4)cc2)cc1. The van der Waals surface area contributed by atoms with Gasteiger partial charge in [-0.25, -0.2) is 8.42 Å². The third-order valence-corrected chi connectivity index (χ3v) is 6.75. The van der Waals surface area contributed by atoms with Gasteiger partial charge in [0.15, 0.2) is 9.84 Å². The summed E-state index contributed by atoms with van der Waals surface area (Å²) in [7, 11) is -3.05. The fourth-order valence-corrected chi connectivity index (χ4v) is 4.64. The van der Waals surface area contributed by atoms with Crippen LogP contribution in [0.5, 0.6) is 11.5 Å². The van der Waals surface area contributed by atoms with Crippen molar-refractivity contribution in [3.8, 4) is 22.6 Å². The quantitative estimate of drug-likeness (QED) is 0.626. The van der Waals surface area contributed by atoms with E-state index in [0.29, 0.717) is 6.42 Å². The molecular weight excluding hydrogens is 392 g/mol. The van der Waals surface area contributed by atoms with E-state index in [9.17, 15) is 8.42 Å². The van der Waals surface area contributed by atoms with Gasteiger partial charge in [0.25, 0.3) is 0 Å². The molecule has 0 aliphatic carbocycles. The molecule has 152 valence electrons. The first-order valence-corrected chi connectivity index (χ1v) is 11.8. The van der Waals surface area contributed by atoms with Crippen molar-refractivity contribution in [3.63, 3.8) is 0 Å². The Hall–Kier alpha value is -3.11. The van der Waals surface area contributed by atoms with Crippen LogP contribution in [-0.2, 0) is 9.84 Å². The minimum atomic E-state index is -3.05. The summed E-state index contributed by atoms with van der Waals surface area (Å²) in [4.78, 5) is 0. The van der Waals surface area contributed by atoms with E-state index in [1.807, 2.05) is 85.8 Å². The Kier molecular flexibility index (Phi) is 5.60. The predicted molar refractivity (Wildman–Crippen MR) is 125 cm³/mol. The third kappa shape index (κ3) is 4.55. The maximum absolute atomic E-state index is 12.1. The Labute approximate surface area is 177 Å². The number of sulfone groups is 1. The summed E-state index contributed by atoms with van der Waals surface area (Å²) < 4.78 is 30.1. The van der Waals surface area contributed by atoms with Crippen molar-refractivity contribution in [2.45, 2.75) is 13.3 Å². The maximum atomic E-state index is 12.1. The van der Waals surface area contributed by atoms with E-state index in [1.54, 1.807) is 0 Å². The molecule has 1 heterocycles. The fourth-order valence-electron chi connectivity index (χ4n) is 3.57. The molecule has 0 saturated heterocycles. The van der Waals surface area contributed by atoms with Crippen molar-refractivity contribution in [1.82, 2.24) is 0 Å². The van der Waals surface area contributed by atoms with Crippen LogP contribution in [0.25, 0.3) is 28.9 Å². The molecule has 3 aromatic carbocycles. The molecule has 0 spiro atoms. The summed E-state index contributed by atoms with van der Waals surface area (Å²) in [6, 6.07) is 21.8. The normalized spacial score (nSPS) is 15.0. The van der Waals surface area contributed by atoms with Crippen LogP contribution >= 0.6 is 0 Å². The lowest BCUT2D eigenvalue weighted by Gasteiger charge is -2.10. The predicted octanol–water partition coefficient (Wildman–Crippen LogP) is 4.56. The number of allylic oxidation sites excluding steroid dienone is 1. The summed E-state index contributed by atoms with van der Waals surface area (Å²) in [6.07, 6.45) is 4.39. The first-order valence-electron chi connectivity index (χ1n) is 9.95. The average molecular weight is 417 g/mol. The van der Waals surface area contributed by atoms with Gasteiger partial charge in [-0.3, -0.25) is 0 Å². The lowest BCUT2D eigenvalue weighted by Crippen LogP contribution is -2.30. The van der Waals surface area contributed by atoms with E-state index >= 15 is 0 Å². The Bertz CT molecular complexity index is 1300. The van der Waals surface area contributed by atoms with E-state index in [-0.39, 0.29) is 11.5 Å². The third-order valence-electron chi connectivity index (χ3n) is 5.22. The highest BCUT2D eigenvalue weighted by atomic mass is 32.2. The van der Waals surface area contributed by atoms with Crippen molar-refractivity contribution < 1.29 is 13.2 Å². The molecule has 0 unspecified atom stereocenters. The molecule has 0 fully saturated rings. The molecule has 3 aromatic rings. The van der Waals surface area contributed by atoms with Crippen LogP contribution in [-0.4, -0.2) is 19.9 Å². The van der Waals surface area contributed by atoms with Crippen LogP contribution < -0.4 is 15.2 Å². The van der Waals surface area contributed by atoms with Gasteiger partial charge in [-0.2, -0.15) is 0 Å². The number of hydrogen-bond donors (Lipinski definition) is 0. The minimum Gasteiger partial charge on any atom is -0.457 e. The van der Waals surface area contributed by atoms with Gasteiger partial charge in [0.1, 0.15) is 11.5 Å². The zero-order chi connectivity index (χ0) is 21.1. The standard InChI is InChI=1S/C26H24O3S/c1-19(2)20-8-12-23(13-9-20)29-24-14-10-22(11-15-24)25-7-3-5-21-6-4-17-30(27,28)18-16-26(21)25/h3,5-16H,1,4,17-18H2,2H3. The molecule has 0 bridgehead atoms. The first kappa shape index (κ1) is 20.2. The monoisotopic (exact) mass is 416 g/mol. The zero-order valence-electron chi connectivity index (χ0n) is 17.0.